The molecule has 0 atom stereocenters. The van der Waals surface area contributed by atoms with Crippen molar-refractivity contribution in [3.63, 3.8) is 0 Å². The number of aromatic nitrogens is 2. The van der Waals surface area contributed by atoms with Crippen molar-refractivity contribution in [2.45, 2.75) is 66.9 Å². The minimum Gasteiger partial charge on any atom is -0.497 e. The molecule has 1 heterocycles. The van der Waals surface area contributed by atoms with Crippen molar-refractivity contribution in [1.29, 1.82) is 0 Å². The summed E-state index contributed by atoms with van der Waals surface area (Å²) in [6.07, 6.45) is -3.92. The number of hydrogen-bond acceptors (Lipinski definition) is 5. The van der Waals surface area contributed by atoms with Crippen LogP contribution in [0.3, 0.4) is 0 Å². The van der Waals surface area contributed by atoms with Crippen LogP contribution in [0.15, 0.2) is 18.2 Å². The number of hydrogen-bond donors (Lipinski definition) is 0. The molecule has 0 aliphatic heterocycles. The summed E-state index contributed by atoms with van der Waals surface area (Å²) in [7, 11) is 1.38. The summed E-state index contributed by atoms with van der Waals surface area (Å²) in [6.45, 7) is 12.1. The van der Waals surface area contributed by atoms with Crippen molar-refractivity contribution in [2.75, 3.05) is 7.11 Å². The zero-order valence-electron chi connectivity index (χ0n) is 19.1. The van der Waals surface area contributed by atoms with Crippen molar-refractivity contribution in [1.82, 2.24) is 9.97 Å². The molecule has 1 aromatic heterocycles. The molecule has 8 heteroatoms. The number of rotatable bonds is 9. The molecule has 5 nitrogen and oxygen atoms in total. The Balaban J connectivity index is 2.63. The highest BCUT2D eigenvalue weighted by molar-refractivity contribution is 5.71. The molecule has 0 spiro atoms. The van der Waals surface area contributed by atoms with E-state index in [1.807, 2.05) is 13.8 Å². The van der Waals surface area contributed by atoms with E-state index in [0.29, 0.717) is 35.8 Å². The summed E-state index contributed by atoms with van der Waals surface area (Å²) < 4.78 is 54.7. The quantitative estimate of drug-likeness (QED) is 0.462. The molecule has 0 aliphatic carbocycles. The SMILES string of the molecule is CCc1nc(-c2ccc(OC)cc2OC(F)(F)F)c(CC)nc1OC(C(C)C)C(C)C. The lowest BCUT2D eigenvalue weighted by molar-refractivity contribution is -0.274. The summed E-state index contributed by atoms with van der Waals surface area (Å²) >= 11 is 0. The first-order valence-electron chi connectivity index (χ1n) is 10.5. The highest BCUT2D eigenvalue weighted by Gasteiger charge is 2.33. The number of alkyl halides is 3. The fraction of sp³-hybridized carbons (Fsp3) is 0.565. The van der Waals surface area contributed by atoms with Gasteiger partial charge >= 0.3 is 6.36 Å². The molecule has 0 saturated carbocycles. The molecule has 0 amide bonds. The molecular formula is C23H31F3N2O3. The van der Waals surface area contributed by atoms with E-state index in [0.717, 1.165) is 0 Å². The summed E-state index contributed by atoms with van der Waals surface area (Å²) in [5.41, 5.74) is 1.68. The van der Waals surface area contributed by atoms with Gasteiger partial charge in [0.2, 0.25) is 5.88 Å². The van der Waals surface area contributed by atoms with Gasteiger partial charge in [0.05, 0.1) is 18.5 Å². The number of halogens is 3. The van der Waals surface area contributed by atoms with Gasteiger partial charge in [0.25, 0.3) is 0 Å². The van der Waals surface area contributed by atoms with E-state index >= 15 is 0 Å². The van der Waals surface area contributed by atoms with Crippen molar-refractivity contribution in [2.24, 2.45) is 11.8 Å². The van der Waals surface area contributed by atoms with Crippen LogP contribution in [0.5, 0.6) is 17.4 Å². The van der Waals surface area contributed by atoms with Crippen molar-refractivity contribution in [3.8, 4) is 28.6 Å². The normalized spacial score (nSPS) is 12.0. The number of aryl methyl sites for hydroxylation is 2. The molecule has 2 rings (SSSR count). The first-order valence-corrected chi connectivity index (χ1v) is 10.5. The molecule has 0 unspecified atom stereocenters. The zero-order valence-corrected chi connectivity index (χ0v) is 19.1. The van der Waals surface area contributed by atoms with Gasteiger partial charge in [-0.05, 0) is 36.8 Å². The van der Waals surface area contributed by atoms with Crippen LogP contribution in [0.2, 0.25) is 0 Å². The number of ether oxygens (including phenoxy) is 3. The maximum absolute atomic E-state index is 13.0. The van der Waals surface area contributed by atoms with Crippen LogP contribution in [0, 0.1) is 11.8 Å². The van der Waals surface area contributed by atoms with Crippen LogP contribution in [0.4, 0.5) is 13.2 Å². The van der Waals surface area contributed by atoms with Gasteiger partial charge in [0.15, 0.2) is 0 Å². The van der Waals surface area contributed by atoms with Crippen LogP contribution in [-0.2, 0) is 12.8 Å². The second-order valence-corrected chi connectivity index (χ2v) is 7.96. The maximum atomic E-state index is 13.0. The van der Waals surface area contributed by atoms with E-state index in [2.05, 4.69) is 42.4 Å². The van der Waals surface area contributed by atoms with Crippen molar-refractivity contribution < 1.29 is 27.4 Å². The molecule has 0 fully saturated rings. The molecule has 0 saturated heterocycles. The average molecular weight is 441 g/mol. The lowest BCUT2D eigenvalue weighted by atomic mass is 9.96. The minimum atomic E-state index is -4.85. The standard InChI is InChI=1S/C23H31F3N2O3/c1-8-17-20(16-11-10-15(29-7)12-19(16)31-23(24,25)26)27-18(9-2)22(28-17)30-21(13(3)4)14(5)6/h10-14,21H,8-9H2,1-7H3. The van der Waals surface area contributed by atoms with E-state index in [4.69, 9.17) is 9.47 Å². The Morgan fingerprint density at radius 1 is 0.935 bits per heavy atom. The first kappa shape index (κ1) is 24.8. The van der Waals surface area contributed by atoms with Crippen LogP contribution < -0.4 is 14.2 Å². The van der Waals surface area contributed by atoms with E-state index in [1.165, 1.54) is 19.2 Å². The van der Waals surface area contributed by atoms with E-state index < -0.39 is 6.36 Å². The fourth-order valence-corrected chi connectivity index (χ4v) is 3.48. The van der Waals surface area contributed by atoms with Crippen molar-refractivity contribution in [3.05, 3.63) is 29.6 Å². The second-order valence-electron chi connectivity index (χ2n) is 7.96. The molecule has 172 valence electrons. The van der Waals surface area contributed by atoms with Gasteiger partial charge in [-0.2, -0.15) is 0 Å². The molecule has 0 bridgehead atoms. The van der Waals surface area contributed by atoms with Crippen LogP contribution in [-0.4, -0.2) is 29.5 Å². The summed E-state index contributed by atoms with van der Waals surface area (Å²) in [5.74, 6) is 0.840. The topological polar surface area (TPSA) is 53.5 Å². The summed E-state index contributed by atoms with van der Waals surface area (Å²) in [4.78, 5) is 9.34. The largest absolute Gasteiger partial charge is 0.573 e. The third kappa shape index (κ3) is 6.24. The molecule has 31 heavy (non-hydrogen) atoms. The van der Waals surface area contributed by atoms with Crippen molar-refractivity contribution >= 4 is 0 Å². The van der Waals surface area contributed by atoms with Crippen LogP contribution in [0.1, 0.15) is 52.9 Å². The molecule has 1 aromatic carbocycles. The van der Waals surface area contributed by atoms with Gasteiger partial charge in [-0.25, -0.2) is 9.97 Å². The zero-order chi connectivity index (χ0) is 23.3. The molecule has 2 aromatic rings. The minimum absolute atomic E-state index is 0.0553. The summed E-state index contributed by atoms with van der Waals surface area (Å²) in [6, 6.07) is 4.28. The third-order valence-corrected chi connectivity index (χ3v) is 4.90. The smallest absolute Gasteiger partial charge is 0.497 e. The van der Waals surface area contributed by atoms with E-state index in [-0.39, 0.29) is 35.0 Å². The summed E-state index contributed by atoms with van der Waals surface area (Å²) in [5, 5.41) is 0. The molecular weight excluding hydrogens is 409 g/mol. The Kier molecular flexibility index (Phi) is 8.14. The molecule has 0 N–H and O–H groups in total. The van der Waals surface area contributed by atoms with Crippen LogP contribution >= 0.6 is 0 Å². The highest BCUT2D eigenvalue weighted by atomic mass is 19.4. The second kappa shape index (κ2) is 10.2. The Morgan fingerprint density at radius 2 is 1.55 bits per heavy atom. The number of benzene rings is 1. The Bertz CT molecular complexity index is 875. The van der Waals surface area contributed by atoms with Gasteiger partial charge in [-0.15, -0.1) is 13.2 Å². The van der Waals surface area contributed by atoms with Gasteiger partial charge < -0.3 is 14.2 Å². The Labute approximate surface area is 182 Å². The predicted molar refractivity (Wildman–Crippen MR) is 114 cm³/mol. The highest BCUT2D eigenvalue weighted by Crippen LogP contribution is 2.38. The van der Waals surface area contributed by atoms with Gasteiger partial charge in [0.1, 0.15) is 23.3 Å². The Morgan fingerprint density at radius 3 is 2.03 bits per heavy atom. The Hall–Kier alpha value is -2.51. The number of nitrogens with zero attached hydrogens (tertiary/aromatic N) is 2. The monoisotopic (exact) mass is 440 g/mol. The van der Waals surface area contributed by atoms with Gasteiger partial charge in [-0.1, -0.05) is 41.5 Å². The number of methoxy groups -OCH3 is 1. The first-order chi connectivity index (χ1) is 14.5. The third-order valence-electron chi connectivity index (χ3n) is 4.90. The fourth-order valence-electron chi connectivity index (χ4n) is 3.48. The molecule has 0 radical (unpaired) electrons. The predicted octanol–water partition coefficient (Wildman–Crippen LogP) is 6.24. The lowest BCUT2D eigenvalue weighted by Crippen LogP contribution is -2.30. The van der Waals surface area contributed by atoms with Gasteiger partial charge in [0, 0.05) is 11.6 Å². The maximum Gasteiger partial charge on any atom is 0.573 e. The lowest BCUT2D eigenvalue weighted by Gasteiger charge is -2.27. The average Bonchev–Trinajstić information content (AvgIpc) is 2.69. The van der Waals surface area contributed by atoms with E-state index in [9.17, 15) is 13.2 Å². The van der Waals surface area contributed by atoms with E-state index in [1.54, 1.807) is 6.07 Å². The molecule has 0 aliphatic rings. The van der Waals surface area contributed by atoms with Gasteiger partial charge in [-0.3, -0.25) is 0 Å². The van der Waals surface area contributed by atoms with Crippen LogP contribution in [0.25, 0.3) is 11.3 Å².